The highest BCUT2D eigenvalue weighted by atomic mass is 35.5. The minimum atomic E-state index is -4.74. The number of alkyl halides is 3. The quantitative estimate of drug-likeness (QED) is 0.803. The van der Waals surface area contributed by atoms with E-state index >= 15 is 0 Å². The lowest BCUT2D eigenvalue weighted by Gasteiger charge is -2.11. The van der Waals surface area contributed by atoms with Crippen LogP contribution >= 0.6 is 11.6 Å². The van der Waals surface area contributed by atoms with Crippen molar-refractivity contribution >= 4 is 11.6 Å². The van der Waals surface area contributed by atoms with Crippen LogP contribution in [0.4, 0.5) is 13.2 Å². The highest BCUT2D eigenvalue weighted by Crippen LogP contribution is 2.32. The number of benzene rings is 1. The van der Waals surface area contributed by atoms with E-state index in [-0.39, 0.29) is 5.02 Å². The van der Waals surface area contributed by atoms with E-state index in [1.807, 2.05) is 0 Å². The molecule has 0 radical (unpaired) electrons. The van der Waals surface area contributed by atoms with Gasteiger partial charge in [-0.1, -0.05) is 11.6 Å². The van der Waals surface area contributed by atoms with Crippen molar-refractivity contribution in [3.8, 4) is 11.5 Å². The molecule has 1 aromatic carbocycles. The molecule has 84 valence electrons. The zero-order valence-corrected chi connectivity index (χ0v) is 8.52. The van der Waals surface area contributed by atoms with Crippen molar-refractivity contribution in [1.29, 1.82) is 0 Å². The van der Waals surface area contributed by atoms with Crippen LogP contribution in [0.25, 0.3) is 0 Å². The molecule has 1 aromatic rings. The van der Waals surface area contributed by atoms with Crippen LogP contribution < -0.4 is 9.47 Å². The second kappa shape index (κ2) is 4.61. The number of hydrogen-bond acceptors (Lipinski definition) is 2. The van der Waals surface area contributed by atoms with Crippen molar-refractivity contribution in [2.45, 2.75) is 13.3 Å². The van der Waals surface area contributed by atoms with E-state index in [9.17, 15) is 13.2 Å². The Morgan fingerprint density at radius 3 is 2.47 bits per heavy atom. The van der Waals surface area contributed by atoms with Gasteiger partial charge < -0.3 is 9.47 Å². The molecule has 0 aromatic heterocycles. The molecule has 0 aliphatic rings. The maximum atomic E-state index is 11.9. The molecule has 0 spiro atoms. The summed E-state index contributed by atoms with van der Waals surface area (Å²) in [5.74, 6) is -0.0374. The first-order valence-electron chi connectivity index (χ1n) is 4.10. The Kier molecular flexibility index (Phi) is 3.68. The van der Waals surface area contributed by atoms with Crippen molar-refractivity contribution < 1.29 is 22.6 Å². The summed E-state index contributed by atoms with van der Waals surface area (Å²) in [5.41, 5.74) is 0. The Labute approximate surface area is 89.6 Å². The van der Waals surface area contributed by atoms with Gasteiger partial charge in [0.05, 0.1) is 11.6 Å². The second-order valence-electron chi connectivity index (χ2n) is 2.57. The number of hydrogen-bond donors (Lipinski definition) is 0. The van der Waals surface area contributed by atoms with Crippen molar-refractivity contribution in [2.24, 2.45) is 0 Å². The Hall–Kier alpha value is -1.10. The monoisotopic (exact) mass is 240 g/mol. The van der Waals surface area contributed by atoms with Crippen LogP contribution in [0, 0.1) is 0 Å². The molecule has 0 amide bonds. The van der Waals surface area contributed by atoms with Gasteiger partial charge in [0.15, 0.2) is 0 Å². The third-order valence-corrected chi connectivity index (χ3v) is 1.74. The summed E-state index contributed by atoms with van der Waals surface area (Å²) in [5, 5.41) is -0.140. The Morgan fingerprint density at radius 1 is 1.33 bits per heavy atom. The van der Waals surface area contributed by atoms with Crippen molar-refractivity contribution in [1.82, 2.24) is 0 Å². The molecule has 0 saturated carbocycles. The van der Waals surface area contributed by atoms with E-state index in [1.165, 1.54) is 12.1 Å². The van der Waals surface area contributed by atoms with Gasteiger partial charge in [-0.05, 0) is 19.1 Å². The zero-order valence-electron chi connectivity index (χ0n) is 7.77. The smallest absolute Gasteiger partial charge is 0.494 e. The number of rotatable bonds is 3. The van der Waals surface area contributed by atoms with E-state index in [2.05, 4.69) is 4.74 Å². The fourth-order valence-corrected chi connectivity index (χ4v) is 1.15. The molecule has 0 atom stereocenters. The lowest BCUT2D eigenvalue weighted by Crippen LogP contribution is -2.17. The van der Waals surface area contributed by atoms with E-state index in [0.717, 1.165) is 6.07 Å². The SMILES string of the molecule is CCOc1ccc(OC(F)(F)F)c(Cl)c1. The van der Waals surface area contributed by atoms with Crippen LogP contribution in [-0.4, -0.2) is 13.0 Å². The Balaban J connectivity index is 2.84. The summed E-state index contributed by atoms with van der Waals surface area (Å²) in [4.78, 5) is 0. The molecule has 0 N–H and O–H groups in total. The maximum Gasteiger partial charge on any atom is 0.573 e. The molecule has 0 saturated heterocycles. The van der Waals surface area contributed by atoms with Gasteiger partial charge in [0.2, 0.25) is 0 Å². The van der Waals surface area contributed by atoms with Gasteiger partial charge in [-0.2, -0.15) is 0 Å². The lowest BCUT2D eigenvalue weighted by molar-refractivity contribution is -0.274. The third kappa shape index (κ3) is 3.87. The van der Waals surface area contributed by atoms with Gasteiger partial charge in [-0.15, -0.1) is 13.2 Å². The molecular formula is C9H8ClF3O2. The Morgan fingerprint density at radius 2 is 2.00 bits per heavy atom. The van der Waals surface area contributed by atoms with Gasteiger partial charge in [0, 0.05) is 6.07 Å². The third-order valence-electron chi connectivity index (χ3n) is 1.44. The molecule has 6 heteroatoms. The summed E-state index contributed by atoms with van der Waals surface area (Å²) in [6.07, 6.45) is -4.74. The lowest BCUT2D eigenvalue weighted by atomic mass is 10.3. The Bertz CT molecular complexity index is 339. The van der Waals surface area contributed by atoms with E-state index < -0.39 is 12.1 Å². The fraction of sp³-hybridized carbons (Fsp3) is 0.333. The number of ether oxygens (including phenoxy) is 2. The van der Waals surface area contributed by atoms with Gasteiger partial charge in [0.1, 0.15) is 11.5 Å². The molecule has 0 aliphatic heterocycles. The topological polar surface area (TPSA) is 18.5 Å². The van der Waals surface area contributed by atoms with Crippen LogP contribution in [0.1, 0.15) is 6.92 Å². The summed E-state index contributed by atoms with van der Waals surface area (Å²) in [6, 6.07) is 3.74. The largest absolute Gasteiger partial charge is 0.573 e. The predicted molar refractivity (Wildman–Crippen MR) is 49.3 cm³/mol. The summed E-state index contributed by atoms with van der Waals surface area (Å²) >= 11 is 5.57. The van der Waals surface area contributed by atoms with E-state index in [1.54, 1.807) is 6.92 Å². The molecule has 15 heavy (non-hydrogen) atoms. The summed E-state index contributed by atoms with van der Waals surface area (Å²) < 4.78 is 44.3. The number of halogens is 4. The molecule has 0 bridgehead atoms. The molecule has 0 heterocycles. The van der Waals surface area contributed by atoms with Crippen LogP contribution in [0.5, 0.6) is 11.5 Å². The summed E-state index contributed by atoms with van der Waals surface area (Å²) in [6.45, 7) is 2.17. The second-order valence-corrected chi connectivity index (χ2v) is 2.98. The van der Waals surface area contributed by atoms with Crippen molar-refractivity contribution in [3.63, 3.8) is 0 Å². The first-order valence-corrected chi connectivity index (χ1v) is 4.48. The average Bonchev–Trinajstić information content (AvgIpc) is 2.08. The highest BCUT2D eigenvalue weighted by molar-refractivity contribution is 6.32. The van der Waals surface area contributed by atoms with Gasteiger partial charge >= 0.3 is 6.36 Å². The van der Waals surface area contributed by atoms with E-state index in [0.29, 0.717) is 12.4 Å². The van der Waals surface area contributed by atoms with E-state index in [4.69, 9.17) is 16.3 Å². The molecule has 0 unspecified atom stereocenters. The maximum absolute atomic E-state index is 11.9. The van der Waals surface area contributed by atoms with Crippen LogP contribution in [0.15, 0.2) is 18.2 Å². The summed E-state index contributed by atoms with van der Waals surface area (Å²) in [7, 11) is 0. The molecule has 0 fully saturated rings. The molecular weight excluding hydrogens is 233 g/mol. The van der Waals surface area contributed by atoms with Crippen molar-refractivity contribution in [2.75, 3.05) is 6.61 Å². The van der Waals surface area contributed by atoms with Gasteiger partial charge in [-0.3, -0.25) is 0 Å². The minimum absolute atomic E-state index is 0.140. The van der Waals surface area contributed by atoms with Gasteiger partial charge in [0.25, 0.3) is 0 Å². The highest BCUT2D eigenvalue weighted by Gasteiger charge is 2.32. The van der Waals surface area contributed by atoms with Crippen molar-refractivity contribution in [3.05, 3.63) is 23.2 Å². The van der Waals surface area contributed by atoms with Crippen LogP contribution in [0.3, 0.4) is 0 Å². The average molecular weight is 241 g/mol. The predicted octanol–water partition coefficient (Wildman–Crippen LogP) is 3.64. The van der Waals surface area contributed by atoms with Gasteiger partial charge in [-0.25, -0.2) is 0 Å². The molecule has 1 rings (SSSR count). The normalized spacial score (nSPS) is 11.3. The fourth-order valence-electron chi connectivity index (χ4n) is 0.945. The first kappa shape index (κ1) is 12.0. The molecule has 2 nitrogen and oxygen atoms in total. The minimum Gasteiger partial charge on any atom is -0.494 e. The van der Waals surface area contributed by atoms with Crippen LogP contribution in [0.2, 0.25) is 5.02 Å². The standard InChI is InChI=1S/C9H8ClF3O2/c1-2-14-6-3-4-8(7(10)5-6)15-9(11,12)13/h3-5H,2H2,1H3. The first-order chi connectivity index (χ1) is 6.92. The molecule has 0 aliphatic carbocycles. The van der Waals surface area contributed by atoms with Crippen LogP contribution in [-0.2, 0) is 0 Å². The zero-order chi connectivity index (χ0) is 11.5.